The van der Waals surface area contributed by atoms with E-state index in [4.69, 9.17) is 14.2 Å². The van der Waals surface area contributed by atoms with Crippen LogP contribution in [-0.4, -0.2) is 31.4 Å². The average Bonchev–Trinajstić information content (AvgIpc) is 3.22. The summed E-state index contributed by atoms with van der Waals surface area (Å²) in [5.74, 6) is 1.64. The maximum atomic E-state index is 9.71. The molecule has 0 aliphatic carbocycles. The minimum atomic E-state index is 0.0446. The molecule has 6 nitrogen and oxygen atoms in total. The van der Waals surface area contributed by atoms with Gasteiger partial charge in [-0.3, -0.25) is 0 Å². The molecule has 28 heavy (non-hydrogen) atoms. The Bertz CT molecular complexity index is 1070. The van der Waals surface area contributed by atoms with Crippen molar-refractivity contribution in [3.8, 4) is 40.3 Å². The minimum Gasteiger partial charge on any atom is -0.504 e. The van der Waals surface area contributed by atoms with Crippen molar-refractivity contribution in [1.29, 1.82) is 5.26 Å². The van der Waals surface area contributed by atoms with Crippen LogP contribution in [0.4, 0.5) is 0 Å². The molecule has 1 aromatic heterocycles. The predicted octanol–water partition coefficient (Wildman–Crippen LogP) is 4.61. The summed E-state index contributed by atoms with van der Waals surface area (Å²) in [4.78, 5) is 4.59. The molecule has 0 saturated heterocycles. The highest BCUT2D eigenvalue weighted by Gasteiger charge is 2.12. The zero-order valence-electron chi connectivity index (χ0n) is 15.6. The van der Waals surface area contributed by atoms with E-state index < -0.39 is 0 Å². The van der Waals surface area contributed by atoms with Crippen molar-refractivity contribution < 1.29 is 19.3 Å². The van der Waals surface area contributed by atoms with Crippen LogP contribution in [0.15, 0.2) is 41.8 Å². The summed E-state index contributed by atoms with van der Waals surface area (Å²) >= 11 is 1.38. The Morgan fingerprint density at radius 3 is 2.46 bits per heavy atom. The highest BCUT2D eigenvalue weighted by molar-refractivity contribution is 7.11. The number of allylic oxidation sites excluding steroid dienone is 1. The lowest BCUT2D eigenvalue weighted by Crippen LogP contribution is -1.91. The highest BCUT2D eigenvalue weighted by Crippen LogP contribution is 2.34. The van der Waals surface area contributed by atoms with Crippen LogP contribution < -0.4 is 14.2 Å². The molecule has 1 heterocycles. The lowest BCUT2D eigenvalue weighted by molar-refractivity contribution is 0.355. The van der Waals surface area contributed by atoms with Crippen molar-refractivity contribution in [2.24, 2.45) is 0 Å². The van der Waals surface area contributed by atoms with Crippen molar-refractivity contribution in [2.75, 3.05) is 21.3 Å². The Kier molecular flexibility index (Phi) is 5.82. The van der Waals surface area contributed by atoms with Crippen LogP contribution in [0.5, 0.6) is 23.0 Å². The Morgan fingerprint density at radius 2 is 1.79 bits per heavy atom. The second kappa shape index (κ2) is 8.46. The molecule has 1 N–H and O–H groups in total. The number of phenols is 1. The molecule has 0 saturated carbocycles. The fourth-order valence-corrected chi connectivity index (χ4v) is 3.41. The van der Waals surface area contributed by atoms with Gasteiger partial charge in [0, 0.05) is 10.9 Å². The number of hydrogen-bond acceptors (Lipinski definition) is 7. The van der Waals surface area contributed by atoms with Crippen molar-refractivity contribution in [2.45, 2.75) is 0 Å². The molecule has 7 heteroatoms. The first-order valence-corrected chi connectivity index (χ1v) is 9.14. The lowest BCUT2D eigenvalue weighted by atomic mass is 10.1. The maximum absolute atomic E-state index is 9.71. The Balaban J connectivity index is 1.95. The molecule has 2 aromatic carbocycles. The molecule has 3 aromatic rings. The van der Waals surface area contributed by atoms with Crippen LogP contribution in [0.25, 0.3) is 22.9 Å². The minimum absolute atomic E-state index is 0.0446. The van der Waals surface area contributed by atoms with Gasteiger partial charge in [-0.15, -0.1) is 11.3 Å². The van der Waals surface area contributed by atoms with E-state index in [-0.39, 0.29) is 5.75 Å². The SMILES string of the molecule is COc1cc(/C=C(\C#N)c2nc(-c3ccc(OC)c(OC)c3)cs2)ccc1O. The number of hydrogen-bond donors (Lipinski definition) is 1. The number of nitrogens with zero attached hydrogens (tertiary/aromatic N) is 2. The van der Waals surface area contributed by atoms with E-state index in [9.17, 15) is 10.4 Å². The molecule has 0 fully saturated rings. The second-order valence-corrected chi connectivity index (χ2v) is 6.57. The van der Waals surface area contributed by atoms with Crippen molar-refractivity contribution in [3.63, 3.8) is 0 Å². The second-order valence-electron chi connectivity index (χ2n) is 5.71. The lowest BCUT2D eigenvalue weighted by Gasteiger charge is -2.08. The third-order valence-corrected chi connectivity index (χ3v) is 4.92. The van der Waals surface area contributed by atoms with Crippen LogP contribution >= 0.6 is 11.3 Å². The average molecular weight is 394 g/mol. The summed E-state index contributed by atoms with van der Waals surface area (Å²) in [6.07, 6.45) is 1.71. The summed E-state index contributed by atoms with van der Waals surface area (Å²) in [5.41, 5.74) is 2.76. The number of rotatable bonds is 6. The normalized spacial score (nSPS) is 11.0. The number of benzene rings is 2. The van der Waals surface area contributed by atoms with E-state index in [1.165, 1.54) is 24.5 Å². The Hall–Kier alpha value is -3.50. The maximum Gasteiger partial charge on any atom is 0.161 e. The molecule has 0 unspecified atom stereocenters. The molecule has 0 atom stereocenters. The van der Waals surface area contributed by atoms with E-state index in [0.29, 0.717) is 27.8 Å². The van der Waals surface area contributed by atoms with E-state index in [0.717, 1.165) is 16.8 Å². The molecule has 3 rings (SSSR count). The number of thiazole rings is 1. The van der Waals surface area contributed by atoms with Gasteiger partial charge in [-0.1, -0.05) is 6.07 Å². The zero-order valence-corrected chi connectivity index (χ0v) is 16.4. The largest absolute Gasteiger partial charge is 0.504 e. The molecule has 0 aliphatic heterocycles. The standard InChI is InChI=1S/C21H18N2O4S/c1-25-18-7-5-14(10-20(18)27-3)16-12-28-21(23-16)15(11-22)8-13-4-6-17(24)19(9-13)26-2/h4-10,12,24H,1-3H3/b15-8+. The molecule has 0 bridgehead atoms. The van der Waals surface area contributed by atoms with Crippen molar-refractivity contribution in [3.05, 3.63) is 52.3 Å². The third kappa shape index (κ3) is 3.92. The summed E-state index contributed by atoms with van der Waals surface area (Å²) in [5, 5.41) is 21.8. The Morgan fingerprint density at radius 1 is 1.04 bits per heavy atom. The van der Waals surface area contributed by atoms with Crippen LogP contribution in [0.3, 0.4) is 0 Å². The van der Waals surface area contributed by atoms with Gasteiger partial charge in [0.15, 0.2) is 23.0 Å². The zero-order chi connectivity index (χ0) is 20.1. The van der Waals surface area contributed by atoms with Crippen LogP contribution in [0.1, 0.15) is 10.6 Å². The number of phenolic OH excluding ortho intramolecular Hbond substituents is 1. The summed E-state index contributed by atoms with van der Waals surface area (Å²) in [6.45, 7) is 0. The van der Waals surface area contributed by atoms with E-state index in [2.05, 4.69) is 11.1 Å². The Labute approximate surface area is 166 Å². The van der Waals surface area contributed by atoms with Gasteiger partial charge in [-0.2, -0.15) is 5.26 Å². The van der Waals surface area contributed by atoms with Gasteiger partial charge in [0.2, 0.25) is 0 Å². The smallest absolute Gasteiger partial charge is 0.161 e. The first-order chi connectivity index (χ1) is 13.6. The summed E-state index contributed by atoms with van der Waals surface area (Å²) in [7, 11) is 4.64. The van der Waals surface area contributed by atoms with Gasteiger partial charge in [0.05, 0.1) is 32.6 Å². The molecule has 0 aliphatic rings. The fourth-order valence-electron chi connectivity index (χ4n) is 2.62. The van der Waals surface area contributed by atoms with Gasteiger partial charge in [0.25, 0.3) is 0 Å². The number of nitriles is 1. The van der Waals surface area contributed by atoms with Gasteiger partial charge < -0.3 is 19.3 Å². The highest BCUT2D eigenvalue weighted by atomic mass is 32.1. The van der Waals surface area contributed by atoms with E-state index >= 15 is 0 Å². The topological polar surface area (TPSA) is 84.6 Å². The van der Waals surface area contributed by atoms with Crippen LogP contribution in [0.2, 0.25) is 0 Å². The molecule has 0 radical (unpaired) electrons. The number of aromatic hydroxyl groups is 1. The first kappa shape index (κ1) is 19.3. The fraction of sp³-hybridized carbons (Fsp3) is 0.143. The number of ether oxygens (including phenoxy) is 3. The van der Waals surface area contributed by atoms with Gasteiger partial charge >= 0.3 is 0 Å². The predicted molar refractivity (Wildman–Crippen MR) is 109 cm³/mol. The van der Waals surface area contributed by atoms with E-state index in [1.54, 1.807) is 32.4 Å². The monoisotopic (exact) mass is 394 g/mol. The van der Waals surface area contributed by atoms with E-state index in [1.807, 2.05) is 23.6 Å². The molecule has 0 amide bonds. The van der Waals surface area contributed by atoms with Gasteiger partial charge in [-0.25, -0.2) is 4.98 Å². The number of methoxy groups -OCH3 is 3. The summed E-state index contributed by atoms with van der Waals surface area (Å²) in [6, 6.07) is 12.6. The third-order valence-electron chi connectivity index (χ3n) is 4.05. The van der Waals surface area contributed by atoms with Crippen LogP contribution in [0, 0.1) is 11.3 Å². The summed E-state index contributed by atoms with van der Waals surface area (Å²) < 4.78 is 15.7. The molecule has 0 spiro atoms. The van der Waals surface area contributed by atoms with Crippen molar-refractivity contribution in [1.82, 2.24) is 4.98 Å². The van der Waals surface area contributed by atoms with Crippen molar-refractivity contribution >= 4 is 23.0 Å². The molecular formula is C21H18N2O4S. The van der Waals surface area contributed by atoms with Gasteiger partial charge in [-0.05, 0) is 42.0 Å². The first-order valence-electron chi connectivity index (χ1n) is 8.26. The van der Waals surface area contributed by atoms with Crippen LogP contribution in [-0.2, 0) is 0 Å². The molecule has 142 valence electrons. The number of aromatic nitrogens is 1. The van der Waals surface area contributed by atoms with Gasteiger partial charge in [0.1, 0.15) is 11.1 Å². The quantitative estimate of drug-likeness (QED) is 0.615. The molecular weight excluding hydrogens is 376 g/mol.